The third-order valence-corrected chi connectivity index (χ3v) is 4.36. The number of nitrogens with zero attached hydrogens (tertiary/aromatic N) is 2. The number of nitrogens with one attached hydrogen (secondary N) is 2. The average molecular weight is 385 g/mol. The molecule has 0 atom stereocenters. The summed E-state index contributed by atoms with van der Waals surface area (Å²) in [6.45, 7) is 2.33. The smallest absolute Gasteiger partial charge is 0.274 e. The van der Waals surface area contributed by atoms with Crippen molar-refractivity contribution in [2.75, 3.05) is 17.2 Å². The number of anilines is 2. The first-order valence-electron chi connectivity index (χ1n) is 8.41. The van der Waals surface area contributed by atoms with Crippen molar-refractivity contribution in [2.45, 2.75) is 13.3 Å². The molecule has 0 bridgehead atoms. The van der Waals surface area contributed by atoms with Crippen LogP contribution in [0.2, 0.25) is 5.02 Å². The van der Waals surface area contributed by atoms with E-state index >= 15 is 0 Å². The number of hydrogen-bond donors (Lipinski definition) is 2. The molecule has 0 spiro atoms. The maximum atomic E-state index is 13.6. The number of carbonyl (C=O) groups excluding carboxylic acids is 1. The van der Waals surface area contributed by atoms with Gasteiger partial charge in [-0.15, -0.1) is 0 Å². The van der Waals surface area contributed by atoms with Gasteiger partial charge in [0.05, 0.1) is 0 Å². The summed E-state index contributed by atoms with van der Waals surface area (Å²) in [6.07, 6.45) is 1.98. The highest BCUT2D eigenvalue weighted by Gasteiger charge is 2.10. The summed E-state index contributed by atoms with van der Waals surface area (Å²) in [7, 11) is 0. The van der Waals surface area contributed by atoms with Gasteiger partial charge >= 0.3 is 0 Å². The van der Waals surface area contributed by atoms with Crippen LogP contribution in [0.1, 0.15) is 21.6 Å². The van der Waals surface area contributed by atoms with Gasteiger partial charge in [0.15, 0.2) is 0 Å². The minimum atomic E-state index is -0.366. The van der Waals surface area contributed by atoms with Crippen LogP contribution >= 0.6 is 11.6 Å². The Morgan fingerprint density at radius 1 is 1.19 bits per heavy atom. The molecule has 0 radical (unpaired) electrons. The molecule has 2 N–H and O–H groups in total. The lowest BCUT2D eigenvalue weighted by molar-refractivity contribution is 0.102. The van der Waals surface area contributed by atoms with E-state index in [4.69, 9.17) is 11.6 Å². The maximum absolute atomic E-state index is 13.6. The Kier molecular flexibility index (Phi) is 5.98. The minimum absolute atomic E-state index is 0.218. The fourth-order valence-electron chi connectivity index (χ4n) is 2.45. The van der Waals surface area contributed by atoms with Crippen LogP contribution in [-0.4, -0.2) is 22.4 Å². The second-order valence-electron chi connectivity index (χ2n) is 5.95. The number of amides is 1. The number of benzene rings is 2. The number of hydrogen-bond acceptors (Lipinski definition) is 4. The topological polar surface area (TPSA) is 66.9 Å². The van der Waals surface area contributed by atoms with Gasteiger partial charge in [0, 0.05) is 23.5 Å². The summed E-state index contributed by atoms with van der Waals surface area (Å²) < 4.78 is 13.6. The lowest BCUT2D eigenvalue weighted by Crippen LogP contribution is -2.16. The third kappa shape index (κ3) is 5.01. The van der Waals surface area contributed by atoms with E-state index < -0.39 is 0 Å². The fraction of sp³-hybridized carbons (Fsp3) is 0.150. The van der Waals surface area contributed by atoms with Crippen LogP contribution in [0.3, 0.4) is 0 Å². The molecule has 0 aliphatic carbocycles. The highest BCUT2D eigenvalue weighted by molar-refractivity contribution is 6.31. The first-order valence-corrected chi connectivity index (χ1v) is 8.78. The summed E-state index contributed by atoms with van der Waals surface area (Å²) in [5, 5.41) is 6.33. The maximum Gasteiger partial charge on any atom is 0.274 e. The first kappa shape index (κ1) is 18.8. The van der Waals surface area contributed by atoms with E-state index in [2.05, 4.69) is 20.6 Å². The summed E-state index contributed by atoms with van der Waals surface area (Å²) in [6, 6.07) is 13.4. The van der Waals surface area contributed by atoms with Gasteiger partial charge in [0.1, 0.15) is 11.5 Å². The standard InChI is InChI=1S/C20H18ClFN4O/c1-13-6-7-15(12-16(13)21)25-19(27)18-9-11-24-20(26-18)23-10-8-14-4-2-3-5-17(14)22/h2-7,9,11-12H,8,10H2,1H3,(H,25,27)(H,23,24,26). The molecule has 3 aromatic rings. The summed E-state index contributed by atoms with van der Waals surface area (Å²) in [4.78, 5) is 20.7. The van der Waals surface area contributed by atoms with Crippen molar-refractivity contribution in [3.63, 3.8) is 0 Å². The van der Waals surface area contributed by atoms with Crippen LogP contribution in [0.5, 0.6) is 0 Å². The summed E-state index contributed by atoms with van der Waals surface area (Å²) >= 11 is 6.07. The van der Waals surface area contributed by atoms with Gasteiger partial charge in [-0.1, -0.05) is 35.9 Å². The number of rotatable bonds is 6. The van der Waals surface area contributed by atoms with Crippen LogP contribution in [0, 0.1) is 12.7 Å². The molecule has 2 aromatic carbocycles. The average Bonchev–Trinajstić information content (AvgIpc) is 2.66. The molecule has 1 aromatic heterocycles. The van der Waals surface area contributed by atoms with Gasteiger partial charge < -0.3 is 10.6 Å². The lowest BCUT2D eigenvalue weighted by atomic mass is 10.1. The van der Waals surface area contributed by atoms with Crippen molar-refractivity contribution in [3.8, 4) is 0 Å². The van der Waals surface area contributed by atoms with Crippen molar-refractivity contribution < 1.29 is 9.18 Å². The largest absolute Gasteiger partial charge is 0.354 e. The van der Waals surface area contributed by atoms with Gasteiger partial charge in [-0.25, -0.2) is 14.4 Å². The van der Waals surface area contributed by atoms with Crippen LogP contribution in [-0.2, 0) is 6.42 Å². The highest BCUT2D eigenvalue weighted by atomic mass is 35.5. The van der Waals surface area contributed by atoms with Crippen molar-refractivity contribution in [1.29, 1.82) is 0 Å². The molecule has 3 rings (SSSR count). The molecule has 0 aliphatic heterocycles. The van der Waals surface area contributed by atoms with E-state index in [0.717, 1.165) is 5.56 Å². The molecular weight excluding hydrogens is 367 g/mol. The number of aromatic nitrogens is 2. The van der Waals surface area contributed by atoms with Crippen molar-refractivity contribution in [2.24, 2.45) is 0 Å². The van der Waals surface area contributed by atoms with E-state index in [1.54, 1.807) is 30.3 Å². The number of carbonyl (C=O) groups is 1. The van der Waals surface area contributed by atoms with E-state index in [1.165, 1.54) is 18.3 Å². The molecule has 7 heteroatoms. The fourth-order valence-corrected chi connectivity index (χ4v) is 2.63. The molecule has 0 saturated heterocycles. The predicted octanol–water partition coefficient (Wildman–Crippen LogP) is 4.48. The van der Waals surface area contributed by atoms with Gasteiger partial charge in [-0.3, -0.25) is 4.79 Å². The Morgan fingerprint density at radius 2 is 2.00 bits per heavy atom. The SMILES string of the molecule is Cc1ccc(NC(=O)c2ccnc(NCCc3ccccc3F)n2)cc1Cl. The van der Waals surface area contributed by atoms with Crippen LogP contribution in [0.25, 0.3) is 0 Å². The molecule has 0 saturated carbocycles. The van der Waals surface area contributed by atoms with Gasteiger partial charge in [0.25, 0.3) is 5.91 Å². The number of halogens is 2. The van der Waals surface area contributed by atoms with Crippen molar-refractivity contribution >= 4 is 29.1 Å². The summed E-state index contributed by atoms with van der Waals surface area (Å²) in [5.74, 6) is -0.305. The van der Waals surface area contributed by atoms with E-state index in [9.17, 15) is 9.18 Å². The van der Waals surface area contributed by atoms with Gasteiger partial charge in [-0.05, 0) is 48.7 Å². The monoisotopic (exact) mass is 384 g/mol. The molecule has 27 heavy (non-hydrogen) atoms. The second-order valence-corrected chi connectivity index (χ2v) is 6.36. The van der Waals surface area contributed by atoms with Crippen LogP contribution in [0.15, 0.2) is 54.7 Å². The number of aryl methyl sites for hydroxylation is 1. The van der Waals surface area contributed by atoms with Gasteiger partial charge in [-0.2, -0.15) is 0 Å². The molecule has 0 fully saturated rings. The molecule has 0 unspecified atom stereocenters. The minimum Gasteiger partial charge on any atom is -0.354 e. The zero-order valence-corrected chi connectivity index (χ0v) is 15.4. The van der Waals surface area contributed by atoms with Gasteiger partial charge in [0.2, 0.25) is 5.95 Å². The molecule has 1 heterocycles. The normalized spacial score (nSPS) is 10.5. The lowest BCUT2D eigenvalue weighted by Gasteiger charge is -2.08. The zero-order valence-electron chi connectivity index (χ0n) is 14.7. The Balaban J connectivity index is 1.61. The Hall–Kier alpha value is -2.99. The van der Waals surface area contributed by atoms with Crippen molar-refractivity contribution in [3.05, 3.63) is 82.4 Å². The quantitative estimate of drug-likeness (QED) is 0.657. The Morgan fingerprint density at radius 3 is 2.78 bits per heavy atom. The van der Waals surface area contributed by atoms with Crippen LogP contribution in [0.4, 0.5) is 16.0 Å². The molecule has 5 nitrogen and oxygen atoms in total. The third-order valence-electron chi connectivity index (χ3n) is 3.95. The van der Waals surface area contributed by atoms with E-state index in [0.29, 0.717) is 35.2 Å². The van der Waals surface area contributed by atoms with Crippen LogP contribution < -0.4 is 10.6 Å². The highest BCUT2D eigenvalue weighted by Crippen LogP contribution is 2.20. The Bertz CT molecular complexity index is 964. The van der Waals surface area contributed by atoms with Crippen molar-refractivity contribution in [1.82, 2.24) is 9.97 Å². The molecule has 138 valence electrons. The van der Waals surface area contributed by atoms with E-state index in [-0.39, 0.29) is 17.4 Å². The molecule has 1 amide bonds. The summed E-state index contributed by atoms with van der Waals surface area (Å²) in [5.41, 5.74) is 2.34. The Labute approximate surface area is 161 Å². The first-order chi connectivity index (χ1) is 13.0. The predicted molar refractivity (Wildman–Crippen MR) is 105 cm³/mol. The second kappa shape index (κ2) is 8.60. The zero-order chi connectivity index (χ0) is 19.2. The molecule has 0 aliphatic rings. The van der Waals surface area contributed by atoms with E-state index in [1.807, 2.05) is 13.0 Å². The molecular formula is C20H18ClFN4O.